The maximum Gasteiger partial charge on any atom is 0.246 e. The third kappa shape index (κ3) is 4.91. The molecule has 4 aromatic rings. The number of carbonyl (C=O) groups excluding carboxylic acids is 2. The molecular formula is C28H32N8O2. The molecular weight excluding hydrogens is 480 g/mol. The summed E-state index contributed by atoms with van der Waals surface area (Å²) in [6, 6.07) is 7.55. The van der Waals surface area contributed by atoms with Crippen LogP contribution >= 0.6 is 0 Å². The van der Waals surface area contributed by atoms with Gasteiger partial charge in [0, 0.05) is 61.2 Å². The zero-order valence-electron chi connectivity index (χ0n) is 21.3. The standard InChI is InChI=1S/C28H32N8O2/c37-26(8-5-16-34-14-1-2-15-34)35-17-4-7-25(35)28(38)30-12-9-20-18-22-21(10-13-29-27(22)33-20)23-19-32-36-24(23)6-3-11-31-36/h3,5-6,8,10-11,13,18-19,25H,1-2,4,7,9,12,14-17H2,(H,29,33)(H,30,38)/b8-5+. The molecule has 0 aliphatic carbocycles. The van der Waals surface area contributed by atoms with Crippen LogP contribution in [-0.4, -0.2) is 85.2 Å². The van der Waals surface area contributed by atoms with Gasteiger partial charge in [0.05, 0.1) is 11.7 Å². The molecule has 2 fully saturated rings. The number of nitrogens with one attached hydrogen (secondary N) is 2. The number of nitrogens with zero attached hydrogens (tertiary/aromatic N) is 6. The summed E-state index contributed by atoms with van der Waals surface area (Å²) in [5.74, 6) is -0.156. The molecule has 0 spiro atoms. The summed E-state index contributed by atoms with van der Waals surface area (Å²) in [6.07, 6.45) is 13.5. The minimum absolute atomic E-state index is 0.0704. The number of rotatable bonds is 8. The van der Waals surface area contributed by atoms with Crippen molar-refractivity contribution in [3.8, 4) is 11.1 Å². The fourth-order valence-electron chi connectivity index (χ4n) is 5.60. The second kappa shape index (κ2) is 10.7. The summed E-state index contributed by atoms with van der Waals surface area (Å²) in [5, 5.41) is 12.7. The van der Waals surface area contributed by atoms with E-state index in [-0.39, 0.29) is 11.8 Å². The third-order valence-corrected chi connectivity index (χ3v) is 7.54. The van der Waals surface area contributed by atoms with Crippen molar-refractivity contribution in [3.63, 3.8) is 0 Å². The van der Waals surface area contributed by atoms with Crippen molar-refractivity contribution in [2.75, 3.05) is 32.7 Å². The second-order valence-electron chi connectivity index (χ2n) is 10.0. The molecule has 2 aliphatic rings. The lowest BCUT2D eigenvalue weighted by Crippen LogP contribution is -2.46. The van der Waals surface area contributed by atoms with Crippen LogP contribution in [0.3, 0.4) is 0 Å². The van der Waals surface area contributed by atoms with E-state index in [2.05, 4.69) is 36.4 Å². The van der Waals surface area contributed by atoms with Gasteiger partial charge in [-0.2, -0.15) is 14.8 Å². The van der Waals surface area contributed by atoms with Gasteiger partial charge in [0.15, 0.2) is 0 Å². The van der Waals surface area contributed by atoms with Crippen LogP contribution in [0.5, 0.6) is 0 Å². The van der Waals surface area contributed by atoms with Gasteiger partial charge in [-0.05, 0) is 68.6 Å². The van der Waals surface area contributed by atoms with Crippen LogP contribution in [-0.2, 0) is 16.0 Å². The van der Waals surface area contributed by atoms with Gasteiger partial charge in [-0.15, -0.1) is 0 Å². The van der Waals surface area contributed by atoms with Crippen molar-refractivity contribution in [2.45, 2.75) is 38.1 Å². The molecule has 38 heavy (non-hydrogen) atoms. The fourth-order valence-corrected chi connectivity index (χ4v) is 5.60. The Hall–Kier alpha value is -4.05. The Labute approximate surface area is 220 Å². The smallest absolute Gasteiger partial charge is 0.246 e. The quantitative estimate of drug-likeness (QED) is 0.351. The minimum atomic E-state index is -0.404. The predicted molar refractivity (Wildman–Crippen MR) is 144 cm³/mol. The molecule has 6 rings (SSSR count). The Bertz CT molecular complexity index is 1480. The highest BCUT2D eigenvalue weighted by Crippen LogP contribution is 2.30. The fraction of sp³-hybridized carbons (Fsp3) is 0.393. The summed E-state index contributed by atoms with van der Waals surface area (Å²) >= 11 is 0. The average molecular weight is 513 g/mol. The maximum absolute atomic E-state index is 13.0. The van der Waals surface area contributed by atoms with Crippen LogP contribution < -0.4 is 5.32 Å². The molecule has 0 aromatic carbocycles. The lowest BCUT2D eigenvalue weighted by Gasteiger charge is -2.22. The van der Waals surface area contributed by atoms with Gasteiger partial charge in [0.1, 0.15) is 11.7 Å². The van der Waals surface area contributed by atoms with E-state index < -0.39 is 6.04 Å². The molecule has 2 saturated heterocycles. The molecule has 10 heteroatoms. The topological polar surface area (TPSA) is 112 Å². The third-order valence-electron chi connectivity index (χ3n) is 7.54. The summed E-state index contributed by atoms with van der Waals surface area (Å²) in [6.45, 7) is 4.09. The molecule has 2 aliphatic heterocycles. The number of H-pyrrole nitrogens is 1. The first kappa shape index (κ1) is 24.3. The largest absolute Gasteiger partial charge is 0.354 e. The summed E-state index contributed by atoms with van der Waals surface area (Å²) in [4.78, 5) is 37.7. The van der Waals surface area contributed by atoms with E-state index in [0.29, 0.717) is 25.9 Å². The first-order chi connectivity index (χ1) is 18.7. The first-order valence-electron chi connectivity index (χ1n) is 13.4. The zero-order chi connectivity index (χ0) is 25.9. The molecule has 0 radical (unpaired) electrons. The molecule has 2 N–H and O–H groups in total. The van der Waals surface area contributed by atoms with Gasteiger partial charge < -0.3 is 15.2 Å². The monoisotopic (exact) mass is 512 g/mol. The van der Waals surface area contributed by atoms with E-state index in [4.69, 9.17) is 0 Å². The number of pyridine rings is 1. The first-order valence-corrected chi connectivity index (χ1v) is 13.4. The highest BCUT2D eigenvalue weighted by Gasteiger charge is 2.32. The highest BCUT2D eigenvalue weighted by molar-refractivity contribution is 5.97. The van der Waals surface area contributed by atoms with E-state index >= 15 is 0 Å². The summed E-state index contributed by atoms with van der Waals surface area (Å²) < 4.78 is 1.62. The van der Waals surface area contributed by atoms with Crippen LogP contribution in [0.1, 0.15) is 31.4 Å². The average Bonchev–Trinajstić information content (AvgIpc) is 3.74. The maximum atomic E-state index is 13.0. The second-order valence-corrected chi connectivity index (χ2v) is 10.0. The van der Waals surface area contributed by atoms with Gasteiger partial charge >= 0.3 is 0 Å². The Kier molecular flexibility index (Phi) is 6.87. The minimum Gasteiger partial charge on any atom is -0.354 e. The van der Waals surface area contributed by atoms with E-state index in [1.165, 1.54) is 12.8 Å². The predicted octanol–water partition coefficient (Wildman–Crippen LogP) is 2.57. The number of fused-ring (bicyclic) bond motifs is 2. The summed E-state index contributed by atoms with van der Waals surface area (Å²) in [7, 11) is 0. The lowest BCUT2D eigenvalue weighted by molar-refractivity contribution is -0.135. The number of aromatic amines is 1. The molecule has 4 aromatic heterocycles. The molecule has 0 bridgehead atoms. The van der Waals surface area contributed by atoms with Crippen LogP contribution in [0, 0.1) is 0 Å². The molecule has 0 saturated carbocycles. The molecule has 10 nitrogen and oxygen atoms in total. The normalized spacial score (nSPS) is 18.3. The Morgan fingerprint density at radius 2 is 1.97 bits per heavy atom. The van der Waals surface area contributed by atoms with Crippen molar-refractivity contribution >= 4 is 28.4 Å². The van der Waals surface area contributed by atoms with Crippen LogP contribution in [0.15, 0.2) is 55.0 Å². The number of amides is 2. The number of likely N-dealkylation sites (tertiary alicyclic amines) is 2. The van der Waals surface area contributed by atoms with Crippen LogP contribution in [0.25, 0.3) is 27.7 Å². The SMILES string of the molecule is O=C(NCCc1cc2c(-c3cnn4ncccc34)ccnc2[nH]1)C1CCCN1C(=O)/C=C/CN1CCCC1. The van der Waals surface area contributed by atoms with E-state index in [1.807, 2.05) is 30.5 Å². The number of aromatic nitrogens is 5. The molecule has 1 unspecified atom stereocenters. The van der Waals surface area contributed by atoms with Gasteiger partial charge in [0.2, 0.25) is 11.8 Å². The van der Waals surface area contributed by atoms with Gasteiger partial charge in [0.25, 0.3) is 0 Å². The number of carbonyl (C=O) groups is 2. The van der Waals surface area contributed by atoms with Gasteiger partial charge in [-0.3, -0.25) is 14.5 Å². The molecule has 1 atom stereocenters. The van der Waals surface area contributed by atoms with Crippen molar-refractivity contribution in [1.29, 1.82) is 0 Å². The van der Waals surface area contributed by atoms with Crippen LogP contribution in [0.2, 0.25) is 0 Å². The van der Waals surface area contributed by atoms with Crippen molar-refractivity contribution in [2.24, 2.45) is 0 Å². The molecule has 2 amide bonds. The van der Waals surface area contributed by atoms with Crippen molar-refractivity contribution in [1.82, 2.24) is 39.9 Å². The van der Waals surface area contributed by atoms with E-state index in [1.54, 1.807) is 28.0 Å². The van der Waals surface area contributed by atoms with Crippen molar-refractivity contribution < 1.29 is 9.59 Å². The Morgan fingerprint density at radius 1 is 1.08 bits per heavy atom. The Balaban J connectivity index is 1.07. The van der Waals surface area contributed by atoms with E-state index in [9.17, 15) is 9.59 Å². The Morgan fingerprint density at radius 3 is 2.87 bits per heavy atom. The molecule has 196 valence electrons. The summed E-state index contributed by atoms with van der Waals surface area (Å²) in [5.41, 5.74) is 4.73. The zero-order valence-corrected chi connectivity index (χ0v) is 21.3. The van der Waals surface area contributed by atoms with Gasteiger partial charge in [-0.25, -0.2) is 4.98 Å². The van der Waals surface area contributed by atoms with E-state index in [0.717, 1.165) is 59.4 Å². The highest BCUT2D eigenvalue weighted by atomic mass is 16.2. The van der Waals surface area contributed by atoms with Crippen LogP contribution in [0.4, 0.5) is 0 Å². The molecule has 6 heterocycles. The lowest BCUT2D eigenvalue weighted by atomic mass is 10.1. The van der Waals surface area contributed by atoms with Crippen molar-refractivity contribution in [3.05, 3.63) is 60.7 Å². The van der Waals surface area contributed by atoms with Gasteiger partial charge in [-0.1, -0.05) is 6.08 Å². The number of hydrogen-bond donors (Lipinski definition) is 2. The number of hydrogen-bond acceptors (Lipinski definition) is 6.